The van der Waals surface area contributed by atoms with Crippen LogP contribution in [0.25, 0.3) is 0 Å². The van der Waals surface area contributed by atoms with E-state index < -0.39 is 32.2 Å². The standard InChI is InChI=1S/C23H25ClO6S/c1-13-6-9-15(10-7-13)31(26,27)30-18-17(24)22-14(2)8-11-16(22)20(3)12-29-23(28-5,19(22)25)21(18,20)4/h6-7,9-11,14H,8,12H2,1-5H3. The smallest absolute Gasteiger partial charge is 0.338 e. The molecule has 0 aromatic heterocycles. The Morgan fingerprint density at radius 3 is 2.45 bits per heavy atom. The van der Waals surface area contributed by atoms with E-state index in [4.69, 9.17) is 25.3 Å². The third-order valence-electron chi connectivity index (χ3n) is 8.21. The molecular weight excluding hydrogens is 440 g/mol. The average Bonchev–Trinajstić information content (AvgIpc) is 3.17. The van der Waals surface area contributed by atoms with Crippen molar-refractivity contribution in [2.75, 3.05) is 13.7 Å². The molecule has 1 aromatic rings. The van der Waals surface area contributed by atoms with Gasteiger partial charge in [-0.15, -0.1) is 0 Å². The summed E-state index contributed by atoms with van der Waals surface area (Å²) < 4.78 is 44.2. The van der Waals surface area contributed by atoms with Crippen LogP contribution in [0.15, 0.2) is 51.6 Å². The maximum atomic E-state index is 14.0. The van der Waals surface area contributed by atoms with Gasteiger partial charge in [-0.25, -0.2) is 0 Å². The summed E-state index contributed by atoms with van der Waals surface area (Å²) in [5, 5.41) is 0.127. The first-order chi connectivity index (χ1) is 14.4. The highest BCUT2D eigenvalue weighted by Gasteiger charge is 2.86. The Labute approximate surface area is 187 Å². The van der Waals surface area contributed by atoms with Gasteiger partial charge in [-0.05, 0) is 43.9 Å². The number of Topliss-reactive ketones (excluding diaryl/α,β-unsaturated/α-hetero) is 1. The van der Waals surface area contributed by atoms with Crippen molar-refractivity contribution in [2.24, 2.45) is 22.2 Å². The Kier molecular flexibility index (Phi) is 4.11. The summed E-state index contributed by atoms with van der Waals surface area (Å²) in [6.07, 6.45) is 2.71. The van der Waals surface area contributed by atoms with Gasteiger partial charge in [0.05, 0.1) is 17.1 Å². The number of aryl methyl sites for hydroxylation is 1. The van der Waals surface area contributed by atoms with E-state index in [-0.39, 0.29) is 34.0 Å². The lowest BCUT2D eigenvalue weighted by molar-refractivity contribution is -0.247. The monoisotopic (exact) mass is 464 g/mol. The molecule has 5 unspecified atom stereocenters. The van der Waals surface area contributed by atoms with Gasteiger partial charge in [0.2, 0.25) is 11.6 Å². The van der Waals surface area contributed by atoms with Crippen LogP contribution in [0, 0.1) is 29.1 Å². The van der Waals surface area contributed by atoms with Crippen LogP contribution in [0.2, 0.25) is 0 Å². The first-order valence-corrected chi connectivity index (χ1v) is 12.1. The second-order valence-electron chi connectivity index (χ2n) is 9.45. The molecule has 0 radical (unpaired) electrons. The molecule has 5 aliphatic rings. The summed E-state index contributed by atoms with van der Waals surface area (Å²) >= 11 is 6.93. The Morgan fingerprint density at radius 2 is 1.84 bits per heavy atom. The minimum Gasteiger partial charge on any atom is -0.381 e. The van der Waals surface area contributed by atoms with Gasteiger partial charge in [-0.2, -0.15) is 8.42 Å². The van der Waals surface area contributed by atoms with Gasteiger partial charge in [0.1, 0.15) is 16.1 Å². The van der Waals surface area contributed by atoms with E-state index in [0.717, 1.165) is 11.1 Å². The van der Waals surface area contributed by atoms with Crippen molar-refractivity contribution in [1.82, 2.24) is 0 Å². The van der Waals surface area contributed by atoms with Crippen LogP contribution in [0.1, 0.15) is 32.8 Å². The van der Waals surface area contributed by atoms with E-state index in [2.05, 4.69) is 6.08 Å². The largest absolute Gasteiger partial charge is 0.381 e. The van der Waals surface area contributed by atoms with Gasteiger partial charge < -0.3 is 13.7 Å². The Balaban J connectivity index is 1.78. The van der Waals surface area contributed by atoms with Crippen LogP contribution in [0.5, 0.6) is 0 Å². The summed E-state index contributed by atoms with van der Waals surface area (Å²) in [4.78, 5) is 14.0. The van der Waals surface area contributed by atoms with Crippen LogP contribution in [-0.4, -0.2) is 33.7 Å². The Hall–Kier alpha value is -1.67. The molecule has 31 heavy (non-hydrogen) atoms. The van der Waals surface area contributed by atoms with Crippen molar-refractivity contribution in [3.05, 3.63) is 52.3 Å². The first-order valence-electron chi connectivity index (χ1n) is 10.3. The lowest BCUT2D eigenvalue weighted by atomic mass is 9.42. The van der Waals surface area contributed by atoms with Crippen molar-refractivity contribution >= 4 is 27.5 Å². The van der Waals surface area contributed by atoms with Gasteiger partial charge in [-0.1, -0.05) is 49.2 Å². The highest BCUT2D eigenvalue weighted by atomic mass is 35.5. The summed E-state index contributed by atoms with van der Waals surface area (Å²) in [7, 11) is -2.79. The number of hydrogen-bond acceptors (Lipinski definition) is 6. The fourth-order valence-corrected chi connectivity index (χ4v) is 7.96. The van der Waals surface area contributed by atoms with E-state index in [1.54, 1.807) is 19.1 Å². The quantitative estimate of drug-likeness (QED) is 0.493. The molecule has 166 valence electrons. The van der Waals surface area contributed by atoms with Gasteiger partial charge >= 0.3 is 10.1 Å². The topological polar surface area (TPSA) is 78.9 Å². The molecule has 0 N–H and O–H groups in total. The number of halogens is 1. The Bertz CT molecular complexity index is 1180. The summed E-state index contributed by atoms with van der Waals surface area (Å²) in [5.74, 6) is -2.08. The summed E-state index contributed by atoms with van der Waals surface area (Å²) in [6.45, 7) is 7.75. The van der Waals surface area contributed by atoms with E-state index in [0.29, 0.717) is 6.42 Å². The number of allylic oxidation sites excluding steroid dienone is 2. The van der Waals surface area contributed by atoms with Crippen molar-refractivity contribution in [3.8, 4) is 0 Å². The predicted octanol–water partition coefficient (Wildman–Crippen LogP) is 4.09. The Morgan fingerprint density at radius 1 is 1.19 bits per heavy atom. The molecule has 6 nitrogen and oxygen atoms in total. The number of carbonyl (C=O) groups excluding carboxylic acids is 1. The van der Waals surface area contributed by atoms with Crippen molar-refractivity contribution < 1.29 is 26.9 Å². The maximum absolute atomic E-state index is 14.0. The van der Waals surface area contributed by atoms with Crippen molar-refractivity contribution in [3.63, 3.8) is 0 Å². The van der Waals surface area contributed by atoms with Gasteiger partial charge in [0.25, 0.3) is 0 Å². The molecular formula is C23H25ClO6S. The third-order valence-corrected chi connectivity index (χ3v) is 9.91. The number of rotatable bonds is 4. The summed E-state index contributed by atoms with van der Waals surface area (Å²) in [6, 6.07) is 6.39. The maximum Gasteiger partial charge on any atom is 0.338 e. The summed E-state index contributed by atoms with van der Waals surface area (Å²) in [5.41, 5.74) is -1.36. The molecule has 1 aliphatic heterocycles. The highest BCUT2D eigenvalue weighted by molar-refractivity contribution is 7.86. The van der Waals surface area contributed by atoms with E-state index in [9.17, 15) is 13.2 Å². The number of hydrogen-bond donors (Lipinski definition) is 0. The number of benzene rings is 1. The SMILES string of the molecule is COC12OCC3(C)C4=CCC(C)C4(C1=O)C(Cl)=C(OS(=O)(=O)c1ccc(C)cc1)C32C. The molecule has 4 aliphatic carbocycles. The number of ketones is 1. The number of carbonyl (C=O) groups is 1. The molecule has 1 saturated carbocycles. The first kappa shape index (κ1) is 21.2. The molecule has 0 amide bonds. The molecule has 1 aromatic carbocycles. The van der Waals surface area contributed by atoms with Gasteiger partial charge in [0, 0.05) is 12.5 Å². The van der Waals surface area contributed by atoms with Gasteiger partial charge in [0.15, 0.2) is 0 Å². The number of methoxy groups -OCH3 is 1. The van der Waals surface area contributed by atoms with Crippen LogP contribution in [0.4, 0.5) is 0 Å². The van der Waals surface area contributed by atoms with Crippen molar-refractivity contribution in [1.29, 1.82) is 0 Å². The van der Waals surface area contributed by atoms with Crippen LogP contribution in [0.3, 0.4) is 0 Å². The average molecular weight is 465 g/mol. The fourth-order valence-electron chi connectivity index (χ4n) is 6.27. The van der Waals surface area contributed by atoms with Crippen LogP contribution < -0.4 is 0 Å². The molecule has 6 rings (SSSR count). The fraction of sp³-hybridized carbons (Fsp3) is 0.522. The second kappa shape index (κ2) is 6.01. The minimum atomic E-state index is -4.20. The highest BCUT2D eigenvalue weighted by Crippen LogP contribution is 2.79. The molecule has 4 bridgehead atoms. The second-order valence-corrected chi connectivity index (χ2v) is 11.4. The lowest BCUT2D eigenvalue weighted by Gasteiger charge is -2.62. The third kappa shape index (κ3) is 2.03. The van der Waals surface area contributed by atoms with Gasteiger partial charge in [-0.3, -0.25) is 4.79 Å². The normalized spacial score (nSPS) is 40.9. The molecule has 1 spiro atoms. The van der Waals surface area contributed by atoms with Crippen molar-refractivity contribution in [2.45, 2.75) is 44.8 Å². The van der Waals surface area contributed by atoms with E-state index in [1.165, 1.54) is 19.2 Å². The lowest BCUT2D eigenvalue weighted by Crippen LogP contribution is -2.71. The molecule has 1 saturated heterocycles. The van der Waals surface area contributed by atoms with Crippen LogP contribution in [-0.2, 0) is 28.6 Å². The predicted molar refractivity (Wildman–Crippen MR) is 114 cm³/mol. The van der Waals surface area contributed by atoms with E-state index >= 15 is 0 Å². The molecule has 5 atom stereocenters. The van der Waals surface area contributed by atoms with Crippen LogP contribution >= 0.6 is 11.6 Å². The molecule has 1 heterocycles. The minimum absolute atomic E-state index is 0.0176. The zero-order chi connectivity index (χ0) is 22.6. The molecule has 8 heteroatoms. The van der Waals surface area contributed by atoms with E-state index in [1.807, 2.05) is 20.8 Å². The number of ether oxygens (including phenoxy) is 2. The molecule has 2 fully saturated rings. The zero-order valence-corrected chi connectivity index (χ0v) is 19.7. The zero-order valence-electron chi connectivity index (χ0n) is 18.1.